The Bertz CT molecular complexity index is 1280. The van der Waals surface area contributed by atoms with Crippen molar-refractivity contribution in [3.63, 3.8) is 0 Å². The summed E-state index contributed by atoms with van der Waals surface area (Å²) in [5, 5.41) is 7.43. The van der Waals surface area contributed by atoms with Gasteiger partial charge in [0, 0.05) is 16.9 Å². The van der Waals surface area contributed by atoms with Gasteiger partial charge in [-0.05, 0) is 60.0 Å². The van der Waals surface area contributed by atoms with Crippen molar-refractivity contribution < 1.29 is 33.0 Å². The average molecular weight is 540 g/mol. The summed E-state index contributed by atoms with van der Waals surface area (Å²) in [6.07, 6.45) is 0.221. The molecule has 1 atom stereocenters. The Morgan fingerprint density at radius 1 is 1.00 bits per heavy atom. The van der Waals surface area contributed by atoms with Crippen LogP contribution in [0.2, 0.25) is 0 Å². The molecule has 0 radical (unpaired) electrons. The summed E-state index contributed by atoms with van der Waals surface area (Å²) in [6.45, 7) is 0.958. The van der Waals surface area contributed by atoms with Crippen molar-refractivity contribution in [1.82, 2.24) is 15.5 Å². The van der Waals surface area contributed by atoms with E-state index in [1.165, 1.54) is 40.5 Å². The molecule has 0 saturated carbocycles. The molecule has 1 spiro atoms. The third kappa shape index (κ3) is 6.01. The van der Waals surface area contributed by atoms with Crippen LogP contribution >= 0.6 is 11.3 Å². The first-order valence-electron chi connectivity index (χ1n) is 12.1. The summed E-state index contributed by atoms with van der Waals surface area (Å²) in [5.74, 6) is -1.61. The van der Waals surface area contributed by atoms with Gasteiger partial charge in [-0.2, -0.15) is 0 Å². The molecule has 2 aliphatic heterocycles. The van der Waals surface area contributed by atoms with E-state index in [1.54, 1.807) is 24.3 Å². The van der Waals surface area contributed by atoms with Crippen LogP contribution in [0.5, 0.6) is 11.5 Å². The molecular formula is C27H26FN3O6S. The lowest BCUT2D eigenvalue weighted by molar-refractivity contribution is -0.152. The number of likely N-dealkylation sites (tertiary alicyclic amines) is 1. The molecule has 9 nitrogen and oxygen atoms in total. The van der Waals surface area contributed by atoms with E-state index < -0.39 is 23.6 Å². The molecule has 0 bridgehead atoms. The Balaban J connectivity index is 1.18. The lowest BCUT2D eigenvalue weighted by Gasteiger charge is -2.24. The summed E-state index contributed by atoms with van der Waals surface area (Å²) in [6, 6.07) is 15.0. The number of amides is 3. The minimum Gasteiger partial charge on any atom is -0.457 e. The standard InChI is InChI=1S/C27H26FN3O6S/c28-19-5-9-21(10-6-19)37-20-7-3-18(4-8-20)25(33)30-16-24(32)31-17-27(35-11-12-36-27)14-23(31)26(34)29-15-22-2-1-13-38-22/h1-10,13,23H,11-12,14-17H2,(H,29,34)(H,30,33)/t23-/m0/s1. The quantitative estimate of drug-likeness (QED) is 0.456. The maximum absolute atomic E-state index is 13.1. The second-order valence-electron chi connectivity index (χ2n) is 8.91. The number of hydrogen-bond acceptors (Lipinski definition) is 7. The van der Waals surface area contributed by atoms with Gasteiger partial charge in [0.25, 0.3) is 5.91 Å². The second-order valence-corrected chi connectivity index (χ2v) is 9.94. The molecule has 2 N–H and O–H groups in total. The number of ether oxygens (including phenoxy) is 3. The van der Waals surface area contributed by atoms with E-state index in [-0.39, 0.29) is 31.2 Å². The van der Waals surface area contributed by atoms with Gasteiger partial charge in [-0.25, -0.2) is 4.39 Å². The van der Waals surface area contributed by atoms with Crippen LogP contribution < -0.4 is 15.4 Å². The predicted octanol–water partition coefficient (Wildman–Crippen LogP) is 3.07. The second kappa shape index (κ2) is 11.3. The van der Waals surface area contributed by atoms with Crippen molar-refractivity contribution in [1.29, 1.82) is 0 Å². The molecule has 0 aliphatic carbocycles. The third-order valence-electron chi connectivity index (χ3n) is 6.31. The van der Waals surface area contributed by atoms with Gasteiger partial charge in [-0.3, -0.25) is 14.4 Å². The lowest BCUT2D eigenvalue weighted by Crippen LogP contribution is -2.49. The van der Waals surface area contributed by atoms with Gasteiger partial charge >= 0.3 is 0 Å². The molecule has 0 unspecified atom stereocenters. The van der Waals surface area contributed by atoms with Crippen LogP contribution in [0.4, 0.5) is 4.39 Å². The zero-order chi connectivity index (χ0) is 26.5. The molecule has 11 heteroatoms. The zero-order valence-electron chi connectivity index (χ0n) is 20.4. The van der Waals surface area contributed by atoms with Crippen LogP contribution in [0.15, 0.2) is 66.0 Å². The Labute approximate surface area is 222 Å². The normalized spacial score (nSPS) is 17.9. The van der Waals surface area contributed by atoms with E-state index in [2.05, 4.69) is 10.6 Å². The van der Waals surface area contributed by atoms with E-state index in [4.69, 9.17) is 14.2 Å². The molecule has 198 valence electrons. The van der Waals surface area contributed by atoms with Crippen molar-refractivity contribution in [3.8, 4) is 11.5 Å². The highest BCUT2D eigenvalue weighted by molar-refractivity contribution is 7.09. The lowest BCUT2D eigenvalue weighted by atomic mass is 10.1. The van der Waals surface area contributed by atoms with Gasteiger partial charge in [0.2, 0.25) is 11.8 Å². The number of rotatable bonds is 8. The van der Waals surface area contributed by atoms with E-state index in [9.17, 15) is 18.8 Å². The molecule has 3 aromatic rings. The van der Waals surface area contributed by atoms with Crippen LogP contribution in [0, 0.1) is 5.82 Å². The minimum atomic E-state index is -1.01. The number of carbonyl (C=O) groups excluding carboxylic acids is 3. The summed E-state index contributed by atoms with van der Waals surface area (Å²) in [5.41, 5.74) is 0.329. The molecule has 2 aliphatic rings. The van der Waals surface area contributed by atoms with Gasteiger partial charge in [0.15, 0.2) is 5.79 Å². The van der Waals surface area contributed by atoms with Crippen molar-refractivity contribution in [2.24, 2.45) is 0 Å². The number of carbonyl (C=O) groups is 3. The van der Waals surface area contributed by atoms with Crippen molar-refractivity contribution >= 4 is 29.1 Å². The highest BCUT2D eigenvalue weighted by Crippen LogP contribution is 2.35. The number of nitrogens with zero attached hydrogens (tertiary/aromatic N) is 1. The predicted molar refractivity (Wildman–Crippen MR) is 136 cm³/mol. The zero-order valence-corrected chi connectivity index (χ0v) is 21.2. The van der Waals surface area contributed by atoms with Crippen molar-refractivity contribution in [2.45, 2.75) is 24.8 Å². The van der Waals surface area contributed by atoms with E-state index in [0.717, 1.165) is 4.88 Å². The van der Waals surface area contributed by atoms with Crippen molar-refractivity contribution in [3.05, 3.63) is 82.3 Å². The maximum atomic E-state index is 13.1. The first-order chi connectivity index (χ1) is 18.4. The Hall–Kier alpha value is -3.80. The molecule has 5 rings (SSSR count). The molecule has 2 aromatic carbocycles. The number of thiophene rings is 1. The summed E-state index contributed by atoms with van der Waals surface area (Å²) in [4.78, 5) is 41.2. The van der Waals surface area contributed by atoms with Gasteiger partial charge in [-0.15, -0.1) is 11.3 Å². The van der Waals surface area contributed by atoms with E-state index in [1.807, 2.05) is 17.5 Å². The molecule has 3 heterocycles. The van der Waals surface area contributed by atoms with Gasteiger partial charge in [0.1, 0.15) is 23.4 Å². The fourth-order valence-electron chi connectivity index (χ4n) is 4.42. The van der Waals surface area contributed by atoms with Crippen LogP contribution in [0.1, 0.15) is 21.7 Å². The highest BCUT2D eigenvalue weighted by Gasteiger charge is 2.52. The van der Waals surface area contributed by atoms with E-state index >= 15 is 0 Å². The van der Waals surface area contributed by atoms with Crippen LogP contribution in [-0.2, 0) is 25.6 Å². The molecule has 1 aromatic heterocycles. The molecule has 2 saturated heterocycles. The molecule has 38 heavy (non-hydrogen) atoms. The highest BCUT2D eigenvalue weighted by atomic mass is 32.1. The SMILES string of the molecule is O=C(NCC(=O)N1CC2(C[C@H]1C(=O)NCc1cccs1)OCCO2)c1ccc(Oc2ccc(F)cc2)cc1. The van der Waals surface area contributed by atoms with Gasteiger partial charge < -0.3 is 29.7 Å². The topological polar surface area (TPSA) is 106 Å². The van der Waals surface area contributed by atoms with Crippen LogP contribution in [-0.4, -0.2) is 60.8 Å². The van der Waals surface area contributed by atoms with Gasteiger partial charge in [-0.1, -0.05) is 6.07 Å². The summed E-state index contributed by atoms with van der Waals surface area (Å²) < 4.78 is 30.2. The Morgan fingerprint density at radius 2 is 1.68 bits per heavy atom. The Kier molecular flexibility index (Phi) is 7.68. The molecular weight excluding hydrogens is 513 g/mol. The average Bonchev–Trinajstić information content (AvgIpc) is 3.70. The van der Waals surface area contributed by atoms with Crippen molar-refractivity contribution in [2.75, 3.05) is 26.3 Å². The van der Waals surface area contributed by atoms with Crippen LogP contribution in [0.3, 0.4) is 0 Å². The minimum absolute atomic E-state index is 0.105. The number of halogens is 1. The monoisotopic (exact) mass is 539 g/mol. The van der Waals surface area contributed by atoms with Crippen LogP contribution in [0.25, 0.3) is 0 Å². The number of hydrogen-bond donors (Lipinski definition) is 2. The Morgan fingerprint density at radius 3 is 2.34 bits per heavy atom. The largest absolute Gasteiger partial charge is 0.457 e. The molecule has 2 fully saturated rings. The van der Waals surface area contributed by atoms with Gasteiger partial charge in [0.05, 0.1) is 32.8 Å². The van der Waals surface area contributed by atoms with E-state index in [0.29, 0.717) is 36.8 Å². The summed E-state index contributed by atoms with van der Waals surface area (Å²) >= 11 is 1.53. The fourth-order valence-corrected chi connectivity index (χ4v) is 5.06. The number of nitrogens with one attached hydrogen (secondary N) is 2. The third-order valence-corrected chi connectivity index (χ3v) is 7.19. The smallest absolute Gasteiger partial charge is 0.251 e. The first kappa shape index (κ1) is 25.8. The first-order valence-corrected chi connectivity index (χ1v) is 13.0. The summed E-state index contributed by atoms with van der Waals surface area (Å²) in [7, 11) is 0. The number of benzene rings is 2. The molecule has 3 amide bonds. The fraction of sp³-hybridized carbons (Fsp3) is 0.296. The maximum Gasteiger partial charge on any atom is 0.251 e.